The van der Waals surface area contributed by atoms with E-state index in [0.717, 1.165) is 17.2 Å². The van der Waals surface area contributed by atoms with E-state index in [-0.39, 0.29) is 34.7 Å². The van der Waals surface area contributed by atoms with Crippen molar-refractivity contribution in [3.05, 3.63) is 110 Å². The molecule has 178 valence electrons. The topological polar surface area (TPSA) is 133 Å². The Morgan fingerprint density at radius 2 is 1.74 bits per heavy atom. The molecule has 4 rings (SSSR count). The number of fused-ring (bicyclic) bond motifs is 1. The lowest BCUT2D eigenvalue weighted by atomic mass is 9.93. The van der Waals surface area contributed by atoms with E-state index in [1.165, 1.54) is 17.0 Å². The Hall–Kier alpha value is -4.24. The molecular formula is C25H20ClN3O6. The standard InChI is InChI=1S/C25H20ClN3O6/c26-20-8-4-3-7-19(20)24(31)28-13-17-6-2-1-5-15(17)11-22(28)25(32)35-14-18-10-9-16(23(27)30)12-21(18)29(33)34/h1-10,12,22H,11,13-14H2,(H2,27,30)/t22-/m0/s1. The number of ether oxygens (including phenoxy) is 1. The van der Waals surface area contributed by atoms with Gasteiger partial charge in [0.1, 0.15) is 12.6 Å². The first-order valence-corrected chi connectivity index (χ1v) is 11.0. The number of nitro benzene ring substituents is 1. The molecule has 3 aromatic carbocycles. The highest BCUT2D eigenvalue weighted by Gasteiger charge is 2.37. The van der Waals surface area contributed by atoms with Gasteiger partial charge < -0.3 is 15.4 Å². The van der Waals surface area contributed by atoms with Gasteiger partial charge >= 0.3 is 5.97 Å². The number of hydrogen-bond acceptors (Lipinski definition) is 6. The van der Waals surface area contributed by atoms with Crippen LogP contribution in [0.25, 0.3) is 0 Å². The lowest BCUT2D eigenvalue weighted by Crippen LogP contribution is -2.49. The summed E-state index contributed by atoms with van der Waals surface area (Å²) in [4.78, 5) is 50.1. The number of amides is 2. The van der Waals surface area contributed by atoms with Gasteiger partial charge in [0, 0.05) is 24.6 Å². The second-order valence-corrected chi connectivity index (χ2v) is 8.38. The second kappa shape index (κ2) is 9.94. The van der Waals surface area contributed by atoms with Crippen LogP contribution in [0.5, 0.6) is 0 Å². The Balaban J connectivity index is 1.60. The highest BCUT2D eigenvalue weighted by Crippen LogP contribution is 2.28. The third kappa shape index (κ3) is 4.99. The van der Waals surface area contributed by atoms with Crippen molar-refractivity contribution >= 4 is 35.1 Å². The molecule has 35 heavy (non-hydrogen) atoms. The van der Waals surface area contributed by atoms with E-state index >= 15 is 0 Å². The number of esters is 1. The average Bonchev–Trinajstić information content (AvgIpc) is 2.86. The van der Waals surface area contributed by atoms with Gasteiger partial charge in [-0.05, 0) is 35.4 Å². The van der Waals surface area contributed by atoms with E-state index in [2.05, 4.69) is 0 Å². The summed E-state index contributed by atoms with van der Waals surface area (Å²) in [7, 11) is 0. The third-order valence-electron chi connectivity index (χ3n) is 5.82. The SMILES string of the molecule is NC(=O)c1ccc(COC(=O)[C@@H]2Cc3ccccc3CN2C(=O)c2ccccc2Cl)c([N+](=O)[O-])c1. The first-order chi connectivity index (χ1) is 16.8. The van der Waals surface area contributed by atoms with Crippen molar-refractivity contribution in [2.45, 2.75) is 25.6 Å². The molecular weight excluding hydrogens is 474 g/mol. The molecule has 9 nitrogen and oxygen atoms in total. The molecule has 0 radical (unpaired) electrons. The van der Waals surface area contributed by atoms with Gasteiger partial charge in [0.05, 0.1) is 21.1 Å². The monoisotopic (exact) mass is 493 g/mol. The molecule has 0 fully saturated rings. The number of primary amides is 1. The number of carbonyl (C=O) groups is 3. The van der Waals surface area contributed by atoms with Crippen LogP contribution in [0.3, 0.4) is 0 Å². The van der Waals surface area contributed by atoms with Crippen LogP contribution < -0.4 is 5.73 Å². The molecule has 1 heterocycles. The summed E-state index contributed by atoms with van der Waals surface area (Å²) in [6.45, 7) is -0.242. The maximum atomic E-state index is 13.4. The van der Waals surface area contributed by atoms with Crippen LogP contribution in [0.2, 0.25) is 5.02 Å². The van der Waals surface area contributed by atoms with E-state index in [0.29, 0.717) is 0 Å². The van der Waals surface area contributed by atoms with Crippen LogP contribution >= 0.6 is 11.6 Å². The summed E-state index contributed by atoms with van der Waals surface area (Å²) in [5, 5.41) is 11.7. The summed E-state index contributed by atoms with van der Waals surface area (Å²) in [6.07, 6.45) is 0.216. The Morgan fingerprint density at radius 1 is 1.06 bits per heavy atom. The fourth-order valence-electron chi connectivity index (χ4n) is 3.99. The number of nitrogens with two attached hydrogens (primary N) is 1. The number of benzene rings is 3. The van der Waals surface area contributed by atoms with E-state index in [9.17, 15) is 24.5 Å². The molecule has 3 aromatic rings. The van der Waals surface area contributed by atoms with Crippen LogP contribution in [0.15, 0.2) is 66.7 Å². The number of carbonyl (C=O) groups excluding carboxylic acids is 3. The highest BCUT2D eigenvalue weighted by molar-refractivity contribution is 6.33. The van der Waals surface area contributed by atoms with Crippen molar-refractivity contribution in [3.8, 4) is 0 Å². The summed E-state index contributed by atoms with van der Waals surface area (Å²) in [5.41, 5.74) is 6.91. The molecule has 0 spiro atoms. The highest BCUT2D eigenvalue weighted by atomic mass is 35.5. The van der Waals surface area contributed by atoms with Gasteiger partial charge in [0.2, 0.25) is 5.91 Å². The number of nitro groups is 1. The number of rotatable bonds is 6. The smallest absolute Gasteiger partial charge is 0.329 e. The van der Waals surface area contributed by atoms with Crippen LogP contribution in [0, 0.1) is 10.1 Å². The first kappa shape index (κ1) is 23.9. The zero-order valence-electron chi connectivity index (χ0n) is 18.3. The predicted octanol–water partition coefficient (Wildman–Crippen LogP) is 3.66. The minimum atomic E-state index is -0.961. The van der Waals surface area contributed by atoms with Gasteiger partial charge in [0.15, 0.2) is 0 Å². The van der Waals surface area contributed by atoms with Crippen LogP contribution in [-0.4, -0.2) is 33.6 Å². The maximum Gasteiger partial charge on any atom is 0.329 e. The van der Waals surface area contributed by atoms with Crippen molar-refractivity contribution in [2.75, 3.05) is 0 Å². The molecule has 0 bridgehead atoms. The molecule has 2 N–H and O–H groups in total. The Kier molecular flexibility index (Phi) is 6.79. The summed E-state index contributed by atoms with van der Waals surface area (Å²) in [5.74, 6) is -1.96. The van der Waals surface area contributed by atoms with Crippen molar-refractivity contribution in [2.24, 2.45) is 5.73 Å². The van der Waals surface area contributed by atoms with Crippen molar-refractivity contribution in [1.82, 2.24) is 4.90 Å². The number of hydrogen-bond donors (Lipinski definition) is 1. The van der Waals surface area contributed by atoms with Crippen LogP contribution in [-0.2, 0) is 29.1 Å². The molecule has 0 aliphatic carbocycles. The maximum absolute atomic E-state index is 13.4. The van der Waals surface area contributed by atoms with Crippen molar-refractivity contribution in [1.29, 1.82) is 0 Å². The first-order valence-electron chi connectivity index (χ1n) is 10.6. The minimum absolute atomic E-state index is 0.0350. The molecule has 2 amide bonds. The molecule has 0 saturated carbocycles. The van der Waals surface area contributed by atoms with E-state index in [1.54, 1.807) is 24.3 Å². The quantitative estimate of drug-likeness (QED) is 0.316. The predicted molar refractivity (Wildman–Crippen MR) is 127 cm³/mol. The fourth-order valence-corrected chi connectivity index (χ4v) is 4.21. The van der Waals surface area contributed by atoms with Crippen LogP contribution in [0.4, 0.5) is 5.69 Å². The fraction of sp³-hybridized carbons (Fsp3) is 0.160. The van der Waals surface area contributed by atoms with Gasteiger partial charge in [-0.3, -0.25) is 19.7 Å². The van der Waals surface area contributed by atoms with Gasteiger partial charge in [-0.1, -0.05) is 48.0 Å². The summed E-state index contributed by atoms with van der Waals surface area (Å²) < 4.78 is 5.43. The van der Waals surface area contributed by atoms with Gasteiger partial charge in [-0.2, -0.15) is 0 Å². The van der Waals surface area contributed by atoms with Gasteiger partial charge in [-0.25, -0.2) is 4.79 Å². The molecule has 1 aliphatic rings. The lowest BCUT2D eigenvalue weighted by molar-refractivity contribution is -0.385. The average molecular weight is 494 g/mol. The zero-order chi connectivity index (χ0) is 25.1. The normalized spacial score (nSPS) is 14.7. The van der Waals surface area contributed by atoms with Gasteiger partial charge in [0.25, 0.3) is 11.6 Å². The zero-order valence-corrected chi connectivity index (χ0v) is 19.1. The number of nitrogens with zero attached hydrogens (tertiary/aromatic N) is 2. The summed E-state index contributed by atoms with van der Waals surface area (Å²) in [6, 6.07) is 16.7. The Bertz CT molecular complexity index is 1340. The third-order valence-corrected chi connectivity index (χ3v) is 6.15. The Labute approximate surface area is 205 Å². The lowest BCUT2D eigenvalue weighted by Gasteiger charge is -2.35. The van der Waals surface area contributed by atoms with Crippen molar-refractivity contribution in [3.63, 3.8) is 0 Å². The largest absolute Gasteiger partial charge is 0.459 e. The summed E-state index contributed by atoms with van der Waals surface area (Å²) >= 11 is 6.23. The second-order valence-electron chi connectivity index (χ2n) is 7.97. The molecule has 0 saturated heterocycles. The molecule has 1 atom stereocenters. The molecule has 0 unspecified atom stereocenters. The van der Waals surface area contributed by atoms with E-state index in [4.69, 9.17) is 22.1 Å². The Morgan fingerprint density at radius 3 is 2.43 bits per heavy atom. The van der Waals surface area contributed by atoms with Gasteiger partial charge in [-0.15, -0.1) is 0 Å². The van der Waals surface area contributed by atoms with E-state index in [1.807, 2.05) is 24.3 Å². The minimum Gasteiger partial charge on any atom is -0.459 e. The number of halogens is 1. The van der Waals surface area contributed by atoms with Crippen LogP contribution in [0.1, 0.15) is 37.4 Å². The van der Waals surface area contributed by atoms with Crippen molar-refractivity contribution < 1.29 is 24.0 Å². The molecule has 10 heteroatoms. The molecule has 1 aliphatic heterocycles. The van der Waals surface area contributed by atoms with E-state index < -0.39 is 41.0 Å². The molecule has 0 aromatic heterocycles.